The van der Waals surface area contributed by atoms with Crippen LogP contribution in [0.3, 0.4) is 0 Å². The van der Waals surface area contributed by atoms with Gasteiger partial charge < -0.3 is 15.4 Å². The fraction of sp³-hybridized carbons (Fsp3) is 0.952. The Morgan fingerprint density at radius 3 is 1.76 bits per heavy atom. The minimum Gasteiger partial charge on any atom is -0.466 e. The van der Waals surface area contributed by atoms with Crippen LogP contribution in [0.2, 0.25) is 0 Å². The van der Waals surface area contributed by atoms with Crippen molar-refractivity contribution in [2.24, 2.45) is 5.73 Å². The summed E-state index contributed by atoms with van der Waals surface area (Å²) in [5.41, 5.74) is 5.18. The zero-order valence-electron chi connectivity index (χ0n) is 18.4. The van der Waals surface area contributed by atoms with Gasteiger partial charge in [0, 0.05) is 19.4 Å². The number of carbonyl (C=O) groups is 1. The van der Waals surface area contributed by atoms with Crippen LogP contribution >= 0.6 is 7.82 Å². The molecule has 174 valence electrons. The Labute approximate surface area is 177 Å². The second kappa shape index (κ2) is 20.8. The van der Waals surface area contributed by atoms with Crippen molar-refractivity contribution in [3.05, 3.63) is 0 Å². The molecule has 0 saturated carbocycles. The van der Waals surface area contributed by atoms with Crippen molar-refractivity contribution >= 4 is 13.8 Å². The second-order valence-corrected chi connectivity index (χ2v) is 8.94. The molecule has 1 atom stereocenters. The lowest BCUT2D eigenvalue weighted by atomic mass is 10.0. The molecule has 0 bridgehead atoms. The van der Waals surface area contributed by atoms with Crippen LogP contribution in [-0.2, 0) is 23.1 Å². The molecule has 0 heterocycles. The quantitative estimate of drug-likeness (QED) is 0.131. The smallest absolute Gasteiger partial charge is 0.466 e. The molecule has 0 aromatic carbocycles. The third-order valence-corrected chi connectivity index (χ3v) is 5.68. The first-order valence-electron chi connectivity index (χ1n) is 11.5. The maximum Gasteiger partial charge on any atom is 0.472 e. The Hall–Kier alpha value is -0.460. The van der Waals surface area contributed by atoms with Crippen LogP contribution in [0.25, 0.3) is 0 Å². The average Bonchev–Trinajstić information content (AvgIpc) is 2.69. The van der Waals surface area contributed by atoms with Gasteiger partial charge in [-0.05, 0) is 6.42 Å². The highest BCUT2D eigenvalue weighted by atomic mass is 31.2. The maximum atomic E-state index is 11.6. The number of carbonyl (C=O) groups excluding carboxylic acids is 1. The van der Waals surface area contributed by atoms with Gasteiger partial charge in [0.05, 0.1) is 19.8 Å². The third kappa shape index (κ3) is 22.1. The third-order valence-electron chi connectivity index (χ3n) is 4.66. The van der Waals surface area contributed by atoms with Gasteiger partial charge in [0.2, 0.25) is 0 Å². The lowest BCUT2D eigenvalue weighted by molar-refractivity contribution is -0.144. The van der Waals surface area contributed by atoms with Crippen molar-refractivity contribution in [1.82, 2.24) is 0 Å². The van der Waals surface area contributed by atoms with Crippen LogP contribution in [-0.4, -0.2) is 37.2 Å². The number of unbranched alkanes of at least 4 members (excludes halogenated alkanes) is 12. The first-order valence-corrected chi connectivity index (χ1v) is 13.0. The van der Waals surface area contributed by atoms with Gasteiger partial charge in [-0.25, -0.2) is 4.57 Å². The van der Waals surface area contributed by atoms with E-state index in [4.69, 9.17) is 15.0 Å². The number of phosphoric ester groups is 1. The number of ether oxygens (including phenoxy) is 1. The number of phosphoric acid groups is 1. The van der Waals surface area contributed by atoms with Crippen molar-refractivity contribution in [2.75, 3.05) is 26.4 Å². The van der Waals surface area contributed by atoms with Gasteiger partial charge >= 0.3 is 13.8 Å². The van der Waals surface area contributed by atoms with E-state index in [1.54, 1.807) is 0 Å². The largest absolute Gasteiger partial charge is 0.472 e. The summed E-state index contributed by atoms with van der Waals surface area (Å²) in [5.74, 6) is -0.223. The Kier molecular flexibility index (Phi) is 20.5. The minimum absolute atomic E-state index is 0.00955. The molecule has 0 rings (SSSR count). The monoisotopic (exact) mass is 437 g/mol. The lowest BCUT2D eigenvalue weighted by Gasteiger charge is -2.11. The number of esters is 1. The standard InChI is InChI=1S/C21H44NO6P/c1-2-3-4-5-6-7-8-9-10-11-12-13-14-16-21(23)26-18-15-19-27-29(24,25)28-20-17-22/h2-20,22H2,1H3,(H,24,25). The highest BCUT2D eigenvalue weighted by molar-refractivity contribution is 7.47. The molecule has 0 aliphatic rings. The van der Waals surface area contributed by atoms with Crippen LogP contribution in [0.1, 0.15) is 103 Å². The number of nitrogens with two attached hydrogens (primary N) is 1. The number of rotatable bonds is 22. The lowest BCUT2D eigenvalue weighted by Crippen LogP contribution is -2.10. The summed E-state index contributed by atoms with van der Waals surface area (Å²) in [6, 6.07) is 0. The van der Waals surface area contributed by atoms with Gasteiger partial charge in [0.1, 0.15) is 0 Å². The Balaban J connectivity index is 3.31. The molecule has 0 aliphatic carbocycles. The molecule has 0 fully saturated rings. The molecule has 0 amide bonds. The normalized spacial score (nSPS) is 13.3. The molecule has 1 unspecified atom stereocenters. The van der Waals surface area contributed by atoms with E-state index in [2.05, 4.69) is 11.4 Å². The van der Waals surface area contributed by atoms with E-state index in [0.717, 1.165) is 12.8 Å². The second-order valence-electron chi connectivity index (χ2n) is 7.49. The van der Waals surface area contributed by atoms with Crippen molar-refractivity contribution < 1.29 is 28.0 Å². The van der Waals surface area contributed by atoms with E-state index in [9.17, 15) is 14.3 Å². The Morgan fingerprint density at radius 1 is 0.759 bits per heavy atom. The van der Waals surface area contributed by atoms with E-state index in [0.29, 0.717) is 12.8 Å². The summed E-state index contributed by atoms with van der Waals surface area (Å²) in [6.07, 6.45) is 17.3. The van der Waals surface area contributed by atoms with Crippen LogP contribution < -0.4 is 5.73 Å². The van der Waals surface area contributed by atoms with Gasteiger partial charge in [-0.1, -0.05) is 84.0 Å². The number of hydrogen-bond acceptors (Lipinski definition) is 6. The first-order chi connectivity index (χ1) is 14.0. The molecule has 0 aliphatic heterocycles. The van der Waals surface area contributed by atoms with Gasteiger partial charge in [-0.3, -0.25) is 13.8 Å². The predicted molar refractivity (Wildman–Crippen MR) is 117 cm³/mol. The molecule has 7 nitrogen and oxygen atoms in total. The summed E-state index contributed by atoms with van der Waals surface area (Å²) in [5, 5.41) is 0. The van der Waals surface area contributed by atoms with Gasteiger partial charge in [0.25, 0.3) is 0 Å². The zero-order chi connectivity index (χ0) is 21.6. The summed E-state index contributed by atoms with van der Waals surface area (Å²) >= 11 is 0. The molecule has 0 aromatic rings. The fourth-order valence-corrected chi connectivity index (χ4v) is 3.76. The highest BCUT2D eigenvalue weighted by Gasteiger charge is 2.19. The van der Waals surface area contributed by atoms with Crippen molar-refractivity contribution in [1.29, 1.82) is 0 Å². The van der Waals surface area contributed by atoms with Crippen LogP contribution in [0.4, 0.5) is 0 Å². The van der Waals surface area contributed by atoms with Crippen molar-refractivity contribution in [3.8, 4) is 0 Å². The van der Waals surface area contributed by atoms with Crippen molar-refractivity contribution in [3.63, 3.8) is 0 Å². The molecule has 0 aromatic heterocycles. The molecule has 0 radical (unpaired) electrons. The maximum absolute atomic E-state index is 11.6. The summed E-state index contributed by atoms with van der Waals surface area (Å²) in [6.45, 7) is 2.52. The van der Waals surface area contributed by atoms with E-state index in [1.165, 1.54) is 70.6 Å². The molecular weight excluding hydrogens is 393 g/mol. The number of hydrogen-bond donors (Lipinski definition) is 2. The average molecular weight is 438 g/mol. The summed E-state index contributed by atoms with van der Waals surface area (Å²) in [7, 11) is -4.04. The summed E-state index contributed by atoms with van der Waals surface area (Å²) in [4.78, 5) is 20.9. The molecule has 0 spiro atoms. The fourth-order valence-electron chi connectivity index (χ4n) is 2.99. The predicted octanol–water partition coefficient (Wildman–Crippen LogP) is 5.49. The van der Waals surface area contributed by atoms with Gasteiger partial charge in [0.15, 0.2) is 0 Å². The molecule has 0 saturated heterocycles. The molecule has 29 heavy (non-hydrogen) atoms. The summed E-state index contributed by atoms with van der Waals surface area (Å²) < 4.78 is 25.8. The molecular formula is C21H44NO6P. The molecule has 8 heteroatoms. The van der Waals surface area contributed by atoms with E-state index < -0.39 is 7.82 Å². The van der Waals surface area contributed by atoms with E-state index in [1.807, 2.05) is 0 Å². The van der Waals surface area contributed by atoms with Crippen LogP contribution in [0, 0.1) is 0 Å². The van der Waals surface area contributed by atoms with E-state index in [-0.39, 0.29) is 32.3 Å². The minimum atomic E-state index is -4.04. The zero-order valence-corrected chi connectivity index (χ0v) is 19.3. The Morgan fingerprint density at radius 2 is 1.24 bits per heavy atom. The highest BCUT2D eigenvalue weighted by Crippen LogP contribution is 2.42. The molecule has 3 N–H and O–H groups in total. The van der Waals surface area contributed by atoms with Gasteiger partial charge in [-0.15, -0.1) is 0 Å². The van der Waals surface area contributed by atoms with Gasteiger partial charge in [-0.2, -0.15) is 0 Å². The van der Waals surface area contributed by atoms with Crippen LogP contribution in [0.15, 0.2) is 0 Å². The SMILES string of the molecule is CCCCCCCCCCCCCCCC(=O)OCCCOP(=O)(O)OCCN. The Bertz CT molecular complexity index is 422. The topological polar surface area (TPSA) is 108 Å². The van der Waals surface area contributed by atoms with Crippen molar-refractivity contribution in [2.45, 2.75) is 103 Å². The first kappa shape index (κ1) is 28.5. The van der Waals surface area contributed by atoms with E-state index >= 15 is 0 Å². The van der Waals surface area contributed by atoms with Crippen LogP contribution in [0.5, 0.6) is 0 Å².